The lowest BCUT2D eigenvalue weighted by atomic mass is 10.0. The van der Waals surface area contributed by atoms with Crippen LogP contribution < -0.4 is 5.73 Å². The van der Waals surface area contributed by atoms with Crippen molar-refractivity contribution >= 4 is 28.3 Å². The van der Waals surface area contributed by atoms with Gasteiger partial charge in [-0.1, -0.05) is 12.1 Å². The van der Waals surface area contributed by atoms with E-state index in [0.29, 0.717) is 21.3 Å². The second-order valence-electron chi connectivity index (χ2n) is 3.07. The highest BCUT2D eigenvalue weighted by Gasteiger charge is 2.10. The van der Waals surface area contributed by atoms with Gasteiger partial charge in [0, 0.05) is 17.7 Å². The summed E-state index contributed by atoms with van der Waals surface area (Å²) in [5.74, 6) is 0.204. The molecule has 1 rings (SSSR count). The van der Waals surface area contributed by atoms with Crippen LogP contribution in [0.5, 0.6) is 5.75 Å². The quantitative estimate of drug-likeness (QED) is 0.345. The normalized spacial score (nSPS) is 11.8. The van der Waals surface area contributed by atoms with Crippen LogP contribution in [0.25, 0.3) is 0 Å². The summed E-state index contributed by atoms with van der Waals surface area (Å²) < 4.78 is 0.708. The Kier molecular flexibility index (Phi) is 4.34. The number of rotatable bonds is 3. The molecule has 15 heavy (non-hydrogen) atoms. The Morgan fingerprint density at radius 2 is 2.20 bits per heavy atom. The summed E-state index contributed by atoms with van der Waals surface area (Å²) in [5, 5.41) is 21.7. The van der Waals surface area contributed by atoms with Crippen molar-refractivity contribution in [2.75, 3.05) is 0 Å². The lowest BCUT2D eigenvalue weighted by Gasteiger charge is -2.08. The Balaban J connectivity index is 3.28. The largest absolute Gasteiger partial charge is 0.507 e. The molecule has 0 spiro atoms. The van der Waals surface area contributed by atoms with Gasteiger partial charge in [-0.15, -0.1) is 0 Å². The number of oxime groups is 1. The number of phenolic OH excluding ortho intramolecular Hbond substituents is 1. The van der Waals surface area contributed by atoms with Gasteiger partial charge in [0.1, 0.15) is 5.75 Å². The fraction of sp³-hybridized carbons (Fsp3) is 0.300. The maximum atomic E-state index is 9.66. The minimum absolute atomic E-state index is 0.204. The molecular formula is C10H13IN2O2. The van der Waals surface area contributed by atoms with Gasteiger partial charge in [0.15, 0.2) is 0 Å². The van der Waals surface area contributed by atoms with Crippen LogP contribution in [-0.4, -0.2) is 16.0 Å². The molecule has 0 amide bonds. The third kappa shape index (κ3) is 2.60. The topological polar surface area (TPSA) is 78.8 Å². The molecule has 0 saturated carbocycles. The summed E-state index contributed by atoms with van der Waals surface area (Å²) in [6.07, 6.45) is 0.626. The molecule has 0 aliphatic heterocycles. The van der Waals surface area contributed by atoms with Crippen LogP contribution in [0.4, 0.5) is 0 Å². The van der Waals surface area contributed by atoms with Crippen molar-refractivity contribution < 1.29 is 10.3 Å². The van der Waals surface area contributed by atoms with Gasteiger partial charge in [0.2, 0.25) is 0 Å². The number of halogens is 1. The van der Waals surface area contributed by atoms with Crippen LogP contribution in [0.1, 0.15) is 24.5 Å². The first-order chi connectivity index (χ1) is 7.13. The molecular weight excluding hydrogens is 307 g/mol. The molecule has 0 aromatic heterocycles. The van der Waals surface area contributed by atoms with Crippen LogP contribution in [0.2, 0.25) is 0 Å². The molecule has 0 bridgehead atoms. The SMILES string of the molecule is CCC(=NO)c1cc(I)c(O)c(CN)c1. The van der Waals surface area contributed by atoms with E-state index in [0.717, 1.165) is 5.56 Å². The van der Waals surface area contributed by atoms with Crippen LogP contribution in [-0.2, 0) is 6.54 Å². The van der Waals surface area contributed by atoms with Crippen molar-refractivity contribution in [3.05, 3.63) is 26.8 Å². The van der Waals surface area contributed by atoms with E-state index >= 15 is 0 Å². The van der Waals surface area contributed by atoms with Crippen molar-refractivity contribution in [1.82, 2.24) is 0 Å². The highest BCUT2D eigenvalue weighted by atomic mass is 127. The van der Waals surface area contributed by atoms with Gasteiger partial charge in [-0.05, 0) is 41.1 Å². The molecule has 0 aliphatic carbocycles. The number of hydrogen-bond donors (Lipinski definition) is 3. The zero-order valence-electron chi connectivity index (χ0n) is 8.37. The second kappa shape index (κ2) is 5.32. The van der Waals surface area contributed by atoms with Gasteiger partial charge in [-0.2, -0.15) is 0 Å². The van der Waals surface area contributed by atoms with Crippen molar-refractivity contribution in [2.45, 2.75) is 19.9 Å². The average Bonchev–Trinajstić information content (AvgIpc) is 2.24. The predicted octanol–water partition coefficient (Wildman–Crippen LogP) is 2.04. The van der Waals surface area contributed by atoms with Gasteiger partial charge in [0.05, 0.1) is 9.28 Å². The van der Waals surface area contributed by atoms with E-state index in [9.17, 15) is 5.11 Å². The molecule has 4 nitrogen and oxygen atoms in total. The summed E-state index contributed by atoms with van der Waals surface area (Å²) in [5.41, 5.74) is 7.54. The minimum Gasteiger partial charge on any atom is -0.507 e. The summed E-state index contributed by atoms with van der Waals surface area (Å²) in [7, 11) is 0. The Morgan fingerprint density at radius 3 is 2.67 bits per heavy atom. The lowest BCUT2D eigenvalue weighted by molar-refractivity contribution is 0.318. The highest BCUT2D eigenvalue weighted by molar-refractivity contribution is 14.1. The highest BCUT2D eigenvalue weighted by Crippen LogP contribution is 2.26. The Morgan fingerprint density at radius 1 is 1.53 bits per heavy atom. The van der Waals surface area contributed by atoms with E-state index in [4.69, 9.17) is 10.9 Å². The fourth-order valence-electron chi connectivity index (χ4n) is 1.31. The standard InChI is InChI=1S/C10H13IN2O2/c1-2-9(13-15)6-3-7(5-12)10(14)8(11)4-6/h3-4,14-15H,2,5,12H2,1H3. The summed E-state index contributed by atoms with van der Waals surface area (Å²) in [4.78, 5) is 0. The first kappa shape index (κ1) is 12.3. The van der Waals surface area contributed by atoms with Crippen LogP contribution in [0, 0.1) is 3.57 Å². The summed E-state index contributed by atoms with van der Waals surface area (Å²) in [6, 6.07) is 3.52. The third-order valence-corrected chi connectivity index (χ3v) is 2.97. The number of benzene rings is 1. The zero-order valence-corrected chi connectivity index (χ0v) is 10.5. The number of nitrogens with zero attached hydrogens (tertiary/aromatic N) is 1. The van der Waals surface area contributed by atoms with E-state index in [1.165, 1.54) is 0 Å². The number of nitrogens with two attached hydrogens (primary N) is 1. The van der Waals surface area contributed by atoms with Crippen LogP contribution in [0.15, 0.2) is 17.3 Å². The predicted molar refractivity (Wildman–Crippen MR) is 67.3 cm³/mol. The maximum absolute atomic E-state index is 9.66. The summed E-state index contributed by atoms with van der Waals surface area (Å²) >= 11 is 2.02. The van der Waals surface area contributed by atoms with E-state index in [1.807, 2.05) is 29.5 Å². The fourth-order valence-corrected chi connectivity index (χ4v) is 1.99. The van der Waals surface area contributed by atoms with Crippen LogP contribution in [0.3, 0.4) is 0 Å². The molecule has 0 heterocycles. The molecule has 0 saturated heterocycles. The van der Waals surface area contributed by atoms with Gasteiger partial charge in [-0.3, -0.25) is 0 Å². The number of phenols is 1. The maximum Gasteiger partial charge on any atom is 0.133 e. The van der Waals surface area contributed by atoms with E-state index in [-0.39, 0.29) is 12.3 Å². The molecule has 1 aromatic rings. The molecule has 0 radical (unpaired) electrons. The number of aromatic hydroxyl groups is 1. The van der Waals surface area contributed by atoms with Crippen molar-refractivity contribution in [2.24, 2.45) is 10.9 Å². The van der Waals surface area contributed by atoms with E-state index < -0.39 is 0 Å². The molecule has 1 aromatic carbocycles. The summed E-state index contributed by atoms with van der Waals surface area (Å²) in [6.45, 7) is 2.16. The molecule has 0 aliphatic rings. The Bertz CT molecular complexity index is 391. The van der Waals surface area contributed by atoms with Crippen LogP contribution >= 0.6 is 22.6 Å². The Hall–Kier alpha value is -0.820. The monoisotopic (exact) mass is 320 g/mol. The molecule has 0 atom stereocenters. The van der Waals surface area contributed by atoms with Crippen molar-refractivity contribution in [1.29, 1.82) is 0 Å². The van der Waals surface area contributed by atoms with Gasteiger partial charge < -0.3 is 16.0 Å². The minimum atomic E-state index is 0.204. The number of hydrogen-bond acceptors (Lipinski definition) is 4. The molecule has 5 heteroatoms. The first-order valence-electron chi connectivity index (χ1n) is 4.56. The van der Waals surface area contributed by atoms with E-state index in [2.05, 4.69) is 5.16 Å². The van der Waals surface area contributed by atoms with Gasteiger partial charge in [0.25, 0.3) is 0 Å². The first-order valence-corrected chi connectivity index (χ1v) is 5.64. The molecule has 0 fully saturated rings. The van der Waals surface area contributed by atoms with E-state index in [1.54, 1.807) is 12.1 Å². The van der Waals surface area contributed by atoms with Gasteiger partial charge in [-0.25, -0.2) is 0 Å². The smallest absolute Gasteiger partial charge is 0.133 e. The molecule has 4 N–H and O–H groups in total. The second-order valence-corrected chi connectivity index (χ2v) is 4.23. The third-order valence-electron chi connectivity index (χ3n) is 2.15. The molecule has 0 unspecified atom stereocenters. The zero-order chi connectivity index (χ0) is 11.4. The van der Waals surface area contributed by atoms with Crippen molar-refractivity contribution in [3.63, 3.8) is 0 Å². The molecule has 82 valence electrons. The van der Waals surface area contributed by atoms with Crippen molar-refractivity contribution in [3.8, 4) is 5.75 Å². The Labute approximate surface area is 102 Å². The lowest BCUT2D eigenvalue weighted by Crippen LogP contribution is -2.04. The van der Waals surface area contributed by atoms with Gasteiger partial charge >= 0.3 is 0 Å². The average molecular weight is 320 g/mol.